The number of ether oxygens (including phenoxy) is 1. The second-order valence-electron chi connectivity index (χ2n) is 9.15. The van der Waals surface area contributed by atoms with Crippen LogP contribution in [-0.4, -0.2) is 11.6 Å². The Labute approximate surface area is 190 Å². The molecule has 0 atom stereocenters. The van der Waals surface area contributed by atoms with E-state index in [9.17, 15) is 13.2 Å². The molecule has 5 heteroatoms. The van der Waals surface area contributed by atoms with E-state index in [0.29, 0.717) is 18.3 Å². The second kappa shape index (κ2) is 12.9. The van der Waals surface area contributed by atoms with Gasteiger partial charge in [0.05, 0.1) is 6.61 Å². The summed E-state index contributed by atoms with van der Waals surface area (Å²) in [6, 6.07) is 9.47. The molecule has 0 spiro atoms. The van der Waals surface area contributed by atoms with Crippen molar-refractivity contribution in [3.8, 4) is 5.75 Å². The van der Waals surface area contributed by atoms with Crippen LogP contribution < -0.4 is 4.74 Å². The molecule has 2 nitrogen and oxygen atoms in total. The number of unbranched alkanes of at least 4 members (excludes halogenated alkanes) is 5. The molecule has 0 radical (unpaired) electrons. The lowest BCUT2D eigenvalue weighted by molar-refractivity contribution is 0.302. The number of halogens is 3. The molecular formula is C27H36F3NO. The maximum atomic E-state index is 13.7. The van der Waals surface area contributed by atoms with Gasteiger partial charge in [-0.1, -0.05) is 51.2 Å². The zero-order chi connectivity index (χ0) is 22.8. The van der Waals surface area contributed by atoms with Gasteiger partial charge in [0.1, 0.15) is 5.75 Å². The molecule has 1 aromatic heterocycles. The minimum atomic E-state index is -1.37. The van der Waals surface area contributed by atoms with Crippen LogP contribution in [-0.2, 0) is 6.42 Å². The molecule has 176 valence electrons. The summed E-state index contributed by atoms with van der Waals surface area (Å²) in [7, 11) is 0. The third kappa shape index (κ3) is 7.53. The molecule has 1 fully saturated rings. The Morgan fingerprint density at radius 3 is 2.28 bits per heavy atom. The van der Waals surface area contributed by atoms with Crippen LogP contribution in [0.3, 0.4) is 0 Å². The van der Waals surface area contributed by atoms with Gasteiger partial charge in [-0.15, -0.1) is 0 Å². The van der Waals surface area contributed by atoms with E-state index >= 15 is 0 Å². The summed E-state index contributed by atoms with van der Waals surface area (Å²) in [5, 5.41) is 0. The van der Waals surface area contributed by atoms with Crippen molar-refractivity contribution in [2.75, 3.05) is 6.61 Å². The number of hydrogen-bond acceptors (Lipinski definition) is 2. The Hall–Kier alpha value is -2.04. The van der Waals surface area contributed by atoms with E-state index in [2.05, 4.69) is 36.2 Å². The topological polar surface area (TPSA) is 22.1 Å². The van der Waals surface area contributed by atoms with Crippen LogP contribution in [0.2, 0.25) is 0 Å². The van der Waals surface area contributed by atoms with Crippen molar-refractivity contribution in [3.63, 3.8) is 0 Å². The highest BCUT2D eigenvalue weighted by atomic mass is 19.2. The van der Waals surface area contributed by atoms with Crippen LogP contribution in [0.25, 0.3) is 0 Å². The van der Waals surface area contributed by atoms with Gasteiger partial charge in [0.15, 0.2) is 5.82 Å². The number of rotatable bonds is 12. The van der Waals surface area contributed by atoms with E-state index < -0.39 is 17.7 Å². The molecular weight excluding hydrogens is 411 g/mol. The smallest absolute Gasteiger partial charge is 0.251 e. The number of hydrogen-bond donors (Lipinski definition) is 0. The van der Waals surface area contributed by atoms with Gasteiger partial charge in [-0.05, 0) is 80.5 Å². The van der Waals surface area contributed by atoms with Gasteiger partial charge in [-0.2, -0.15) is 13.8 Å². The molecule has 0 aliphatic heterocycles. The number of benzene rings is 1. The Morgan fingerprint density at radius 2 is 1.56 bits per heavy atom. The molecule has 32 heavy (non-hydrogen) atoms. The predicted octanol–water partition coefficient (Wildman–Crippen LogP) is 8.14. The summed E-state index contributed by atoms with van der Waals surface area (Å²) >= 11 is 0. The summed E-state index contributed by atoms with van der Waals surface area (Å²) in [5.74, 6) is -1.37. The molecule has 0 amide bonds. The fourth-order valence-electron chi connectivity index (χ4n) is 4.71. The van der Waals surface area contributed by atoms with E-state index in [1.165, 1.54) is 37.7 Å². The number of nitrogens with zero attached hydrogens (tertiary/aromatic N) is 1. The van der Waals surface area contributed by atoms with Crippen molar-refractivity contribution in [1.29, 1.82) is 0 Å². The highest BCUT2D eigenvalue weighted by molar-refractivity contribution is 5.29. The minimum Gasteiger partial charge on any atom is -0.494 e. The van der Waals surface area contributed by atoms with Crippen molar-refractivity contribution in [2.24, 2.45) is 5.92 Å². The zero-order valence-electron chi connectivity index (χ0n) is 19.2. The number of aromatic nitrogens is 1. The number of aryl methyl sites for hydroxylation is 1. The summed E-state index contributed by atoms with van der Waals surface area (Å²) in [6.07, 6.45) is 13.1. The molecule has 0 saturated heterocycles. The fourth-order valence-corrected chi connectivity index (χ4v) is 4.71. The average molecular weight is 448 g/mol. The highest BCUT2D eigenvalue weighted by Crippen LogP contribution is 2.38. The van der Waals surface area contributed by atoms with Gasteiger partial charge in [-0.3, -0.25) is 0 Å². The quantitative estimate of drug-likeness (QED) is 0.242. The van der Waals surface area contributed by atoms with Crippen LogP contribution in [0.1, 0.15) is 94.6 Å². The van der Waals surface area contributed by atoms with Gasteiger partial charge in [0.25, 0.3) is 5.95 Å². The largest absolute Gasteiger partial charge is 0.494 e. The van der Waals surface area contributed by atoms with Crippen molar-refractivity contribution < 1.29 is 17.9 Å². The van der Waals surface area contributed by atoms with E-state index in [1.54, 1.807) is 0 Å². The molecule has 1 saturated carbocycles. The Bertz CT molecular complexity index is 816. The second-order valence-corrected chi connectivity index (χ2v) is 9.15. The molecule has 3 rings (SSSR count). The van der Waals surface area contributed by atoms with Gasteiger partial charge >= 0.3 is 0 Å². The summed E-state index contributed by atoms with van der Waals surface area (Å²) < 4.78 is 45.9. The van der Waals surface area contributed by atoms with Crippen LogP contribution in [0.15, 0.2) is 30.3 Å². The minimum absolute atomic E-state index is 0.169. The van der Waals surface area contributed by atoms with Gasteiger partial charge < -0.3 is 4.74 Å². The van der Waals surface area contributed by atoms with Gasteiger partial charge in [0.2, 0.25) is 5.95 Å². The van der Waals surface area contributed by atoms with Crippen LogP contribution in [0.5, 0.6) is 5.75 Å². The fraction of sp³-hybridized carbons (Fsp3) is 0.593. The molecule has 1 heterocycles. The molecule has 1 aliphatic carbocycles. The summed E-state index contributed by atoms with van der Waals surface area (Å²) in [4.78, 5) is 3.02. The lowest BCUT2D eigenvalue weighted by Crippen LogP contribution is -2.14. The maximum Gasteiger partial charge on any atom is 0.251 e. The van der Waals surface area contributed by atoms with E-state index in [4.69, 9.17) is 4.74 Å². The maximum absolute atomic E-state index is 13.7. The lowest BCUT2D eigenvalue weighted by Gasteiger charge is -2.29. The van der Waals surface area contributed by atoms with Crippen molar-refractivity contribution in [1.82, 2.24) is 4.98 Å². The van der Waals surface area contributed by atoms with Crippen LogP contribution in [0, 0.1) is 23.6 Å². The molecule has 1 aromatic carbocycles. The normalized spacial score (nSPS) is 18.6. The first-order valence-corrected chi connectivity index (χ1v) is 12.3. The summed E-state index contributed by atoms with van der Waals surface area (Å²) in [5.41, 5.74) is 1.52. The third-order valence-corrected chi connectivity index (χ3v) is 6.75. The molecule has 0 bridgehead atoms. The molecule has 1 aliphatic rings. The van der Waals surface area contributed by atoms with Crippen molar-refractivity contribution in [2.45, 2.75) is 89.9 Å². The highest BCUT2D eigenvalue weighted by Gasteiger charge is 2.23. The molecule has 2 aromatic rings. The SMILES string of the molecule is CCCCCCCCOc1ccc([C@H]2CC[C@H](CCc3cc(F)c(F)nc3F)CC2)cc1. The third-order valence-electron chi connectivity index (χ3n) is 6.75. The monoisotopic (exact) mass is 447 g/mol. The summed E-state index contributed by atoms with van der Waals surface area (Å²) in [6.45, 7) is 3.02. The predicted molar refractivity (Wildman–Crippen MR) is 122 cm³/mol. The van der Waals surface area contributed by atoms with E-state index in [1.807, 2.05) is 0 Å². The Morgan fingerprint density at radius 1 is 0.875 bits per heavy atom. The zero-order valence-corrected chi connectivity index (χ0v) is 19.2. The Kier molecular flexibility index (Phi) is 9.89. The first-order valence-electron chi connectivity index (χ1n) is 12.3. The van der Waals surface area contributed by atoms with E-state index in [-0.39, 0.29) is 5.56 Å². The van der Waals surface area contributed by atoms with Crippen LogP contribution in [0.4, 0.5) is 13.2 Å². The van der Waals surface area contributed by atoms with Gasteiger partial charge in [0, 0.05) is 5.56 Å². The van der Waals surface area contributed by atoms with Crippen LogP contribution >= 0.6 is 0 Å². The molecule has 0 N–H and O–H groups in total. The van der Waals surface area contributed by atoms with Gasteiger partial charge in [-0.25, -0.2) is 4.39 Å². The average Bonchev–Trinajstić information content (AvgIpc) is 2.81. The Balaban J connectivity index is 1.36. The standard InChI is InChI=1S/C27H36F3NO/c1-2-3-4-5-6-7-18-32-24-16-14-22(15-17-24)21-11-8-20(9-12-21)10-13-23-19-25(28)27(30)31-26(23)29/h14-17,19-21H,2-13,18H2,1H3/t20-,21-. The molecule has 0 unspecified atom stereocenters. The first-order chi connectivity index (χ1) is 15.6. The van der Waals surface area contributed by atoms with E-state index in [0.717, 1.165) is 56.9 Å². The number of pyridine rings is 1. The van der Waals surface area contributed by atoms with Crippen molar-refractivity contribution >= 4 is 0 Å². The lowest BCUT2D eigenvalue weighted by atomic mass is 9.77. The first kappa shape index (κ1) is 24.6. The van der Waals surface area contributed by atoms with Crippen molar-refractivity contribution in [3.05, 3.63) is 59.2 Å².